The van der Waals surface area contributed by atoms with E-state index >= 15 is 0 Å². The van der Waals surface area contributed by atoms with Gasteiger partial charge in [0.2, 0.25) is 10.8 Å². The smallest absolute Gasteiger partial charge is 0.206 e. The molecule has 8 heteroatoms. The van der Waals surface area contributed by atoms with E-state index in [9.17, 15) is 0 Å². The van der Waals surface area contributed by atoms with E-state index in [1.165, 1.54) is 0 Å². The van der Waals surface area contributed by atoms with Crippen molar-refractivity contribution in [3.8, 4) is 0 Å². The van der Waals surface area contributed by atoms with E-state index in [0.29, 0.717) is 0 Å². The molecular weight excluding hydrogens is 400 g/mol. The van der Waals surface area contributed by atoms with E-state index in [-0.39, 0.29) is 0 Å². The lowest BCUT2D eigenvalue weighted by atomic mass is 10.00. The highest BCUT2D eigenvalue weighted by molar-refractivity contribution is 7.13. The molecule has 2 aromatic carbocycles. The average molecular weight is 421 g/mol. The van der Waals surface area contributed by atoms with Crippen molar-refractivity contribution < 1.29 is 0 Å². The van der Waals surface area contributed by atoms with Crippen LogP contribution in [0.5, 0.6) is 0 Å². The van der Waals surface area contributed by atoms with Crippen molar-refractivity contribution in [1.29, 1.82) is 0 Å². The SMILES string of the molecule is Cc1csc(N2NN(c3ccccc3)NC2(c2ccccc2)c2nc(C)cs2)n1. The van der Waals surface area contributed by atoms with Crippen molar-refractivity contribution in [3.05, 3.63) is 93.4 Å². The number of aromatic nitrogens is 2. The Morgan fingerprint density at radius 1 is 0.828 bits per heavy atom. The molecule has 1 unspecified atom stereocenters. The molecule has 1 aliphatic heterocycles. The number of nitrogens with one attached hydrogen (secondary N) is 2. The number of aryl methyl sites for hydroxylation is 2. The number of hydrogen-bond acceptors (Lipinski definition) is 8. The number of rotatable bonds is 4. The number of thiazole rings is 2. The Labute approximate surface area is 177 Å². The van der Waals surface area contributed by atoms with E-state index in [4.69, 9.17) is 9.97 Å². The van der Waals surface area contributed by atoms with Crippen LogP contribution >= 0.6 is 22.7 Å². The molecule has 4 aromatic rings. The van der Waals surface area contributed by atoms with Gasteiger partial charge in [0.15, 0.2) is 0 Å². The summed E-state index contributed by atoms with van der Waals surface area (Å²) in [7, 11) is 0. The van der Waals surface area contributed by atoms with Gasteiger partial charge in [-0.05, 0) is 26.0 Å². The molecule has 2 aromatic heterocycles. The maximum atomic E-state index is 4.88. The molecule has 146 valence electrons. The zero-order valence-corrected chi connectivity index (χ0v) is 17.7. The van der Waals surface area contributed by atoms with E-state index in [1.807, 2.05) is 43.2 Å². The minimum Gasteiger partial charge on any atom is -0.242 e. The Bertz CT molecular complexity index is 1110. The zero-order chi connectivity index (χ0) is 19.8. The summed E-state index contributed by atoms with van der Waals surface area (Å²) < 4.78 is 0. The largest absolute Gasteiger partial charge is 0.242 e. The highest BCUT2D eigenvalue weighted by Gasteiger charge is 2.51. The number of anilines is 2. The van der Waals surface area contributed by atoms with Gasteiger partial charge in [-0.25, -0.2) is 20.1 Å². The predicted octanol–water partition coefficient (Wildman–Crippen LogP) is 4.37. The van der Waals surface area contributed by atoms with Gasteiger partial charge in [-0.1, -0.05) is 48.5 Å². The maximum Gasteiger partial charge on any atom is 0.206 e. The lowest BCUT2D eigenvalue weighted by Gasteiger charge is -2.34. The first kappa shape index (κ1) is 18.3. The highest BCUT2D eigenvalue weighted by Crippen LogP contribution is 2.41. The minimum atomic E-state index is -0.736. The van der Waals surface area contributed by atoms with Crippen LogP contribution in [-0.4, -0.2) is 9.97 Å². The molecule has 0 saturated carbocycles. The predicted molar refractivity (Wildman–Crippen MR) is 119 cm³/mol. The third-order valence-corrected chi connectivity index (χ3v) is 6.75. The summed E-state index contributed by atoms with van der Waals surface area (Å²) in [6.45, 7) is 4.03. The van der Waals surface area contributed by atoms with E-state index < -0.39 is 5.66 Å². The average Bonchev–Trinajstić information content (AvgIpc) is 3.48. The lowest BCUT2D eigenvalue weighted by molar-refractivity contribution is 0.459. The molecule has 0 bridgehead atoms. The van der Waals surface area contributed by atoms with Crippen LogP contribution in [0.2, 0.25) is 0 Å². The molecule has 2 N–H and O–H groups in total. The topological polar surface area (TPSA) is 56.3 Å². The fraction of sp³-hybridized carbons (Fsp3) is 0.143. The number of para-hydroxylation sites is 1. The second kappa shape index (κ2) is 7.23. The first-order valence-electron chi connectivity index (χ1n) is 9.26. The molecule has 0 radical (unpaired) electrons. The summed E-state index contributed by atoms with van der Waals surface area (Å²) >= 11 is 3.24. The second-order valence-electron chi connectivity index (χ2n) is 6.86. The van der Waals surface area contributed by atoms with Crippen LogP contribution < -0.4 is 21.1 Å². The molecular formula is C21H20N6S2. The third-order valence-electron chi connectivity index (χ3n) is 4.74. The normalized spacial score (nSPS) is 19.1. The molecule has 0 aliphatic carbocycles. The Morgan fingerprint density at radius 2 is 1.48 bits per heavy atom. The molecule has 1 fully saturated rings. The van der Waals surface area contributed by atoms with Gasteiger partial charge in [-0.2, -0.15) is 5.43 Å². The Balaban J connectivity index is 1.72. The quantitative estimate of drug-likeness (QED) is 0.511. The third kappa shape index (κ3) is 3.10. The van der Waals surface area contributed by atoms with Gasteiger partial charge in [0, 0.05) is 22.0 Å². The molecule has 6 nitrogen and oxygen atoms in total. The Kier molecular flexibility index (Phi) is 4.56. The molecule has 3 heterocycles. The van der Waals surface area contributed by atoms with Gasteiger partial charge in [-0.3, -0.25) is 0 Å². The van der Waals surface area contributed by atoms with Crippen LogP contribution in [0.25, 0.3) is 0 Å². The first-order chi connectivity index (χ1) is 14.2. The van der Waals surface area contributed by atoms with Crippen LogP contribution in [0.1, 0.15) is 22.0 Å². The van der Waals surface area contributed by atoms with Gasteiger partial charge in [-0.15, -0.1) is 28.2 Å². The van der Waals surface area contributed by atoms with Crippen LogP contribution in [0.4, 0.5) is 10.8 Å². The molecule has 29 heavy (non-hydrogen) atoms. The minimum absolute atomic E-state index is 0.736. The van der Waals surface area contributed by atoms with Crippen molar-refractivity contribution in [2.45, 2.75) is 19.5 Å². The van der Waals surface area contributed by atoms with Crippen molar-refractivity contribution in [2.75, 3.05) is 10.1 Å². The Morgan fingerprint density at radius 3 is 2.10 bits per heavy atom. The van der Waals surface area contributed by atoms with Gasteiger partial charge >= 0.3 is 0 Å². The van der Waals surface area contributed by atoms with E-state index in [0.717, 1.165) is 32.8 Å². The van der Waals surface area contributed by atoms with Crippen molar-refractivity contribution in [1.82, 2.24) is 20.9 Å². The van der Waals surface area contributed by atoms with Crippen LogP contribution in [-0.2, 0) is 5.66 Å². The maximum absolute atomic E-state index is 4.88. The summed E-state index contributed by atoms with van der Waals surface area (Å²) in [6, 6.07) is 20.5. The fourth-order valence-electron chi connectivity index (χ4n) is 3.40. The van der Waals surface area contributed by atoms with E-state index in [1.54, 1.807) is 22.7 Å². The lowest BCUT2D eigenvalue weighted by Crippen LogP contribution is -2.52. The highest BCUT2D eigenvalue weighted by atomic mass is 32.1. The number of hydrazine groups is 3. The van der Waals surface area contributed by atoms with Gasteiger partial charge in [0.1, 0.15) is 5.01 Å². The van der Waals surface area contributed by atoms with Crippen molar-refractivity contribution >= 4 is 33.5 Å². The summed E-state index contributed by atoms with van der Waals surface area (Å²) in [5, 5.41) is 9.96. The van der Waals surface area contributed by atoms with Crippen molar-refractivity contribution in [3.63, 3.8) is 0 Å². The van der Waals surface area contributed by atoms with Gasteiger partial charge in [0.05, 0.1) is 11.4 Å². The molecule has 5 rings (SSSR count). The summed E-state index contributed by atoms with van der Waals surface area (Å²) in [5.41, 5.74) is 10.5. The van der Waals surface area contributed by atoms with Gasteiger partial charge < -0.3 is 0 Å². The molecule has 0 amide bonds. The molecule has 0 spiro atoms. The summed E-state index contributed by atoms with van der Waals surface area (Å²) in [4.78, 5) is 9.64. The molecule has 1 atom stereocenters. The number of benzene rings is 2. The fourth-order valence-corrected chi connectivity index (χ4v) is 5.17. The zero-order valence-electron chi connectivity index (χ0n) is 16.0. The van der Waals surface area contributed by atoms with E-state index in [2.05, 4.69) is 63.1 Å². The summed E-state index contributed by atoms with van der Waals surface area (Å²) in [5.74, 6) is 0. The Hall–Kier alpha value is -2.78. The summed E-state index contributed by atoms with van der Waals surface area (Å²) in [6.07, 6.45) is 0. The van der Waals surface area contributed by atoms with Crippen LogP contribution in [0, 0.1) is 13.8 Å². The standard InChI is InChI=1S/C21H20N6S2/c1-15-13-28-19(22-15)21(17-9-5-3-6-10-17)24-27(18-11-7-4-8-12-18)25-26(21)20-23-16(2)14-29-20/h3-14,24-25H,1-2H3. The van der Waals surface area contributed by atoms with Crippen LogP contribution in [0.3, 0.4) is 0 Å². The van der Waals surface area contributed by atoms with Crippen LogP contribution in [0.15, 0.2) is 71.4 Å². The number of nitrogens with zero attached hydrogens (tertiary/aromatic N) is 4. The first-order valence-corrected chi connectivity index (χ1v) is 11.0. The molecule has 1 saturated heterocycles. The monoisotopic (exact) mass is 420 g/mol. The van der Waals surface area contributed by atoms with Gasteiger partial charge in [0.25, 0.3) is 0 Å². The second-order valence-corrected chi connectivity index (χ2v) is 8.55. The number of hydrogen-bond donors (Lipinski definition) is 2. The molecule has 1 aliphatic rings. The van der Waals surface area contributed by atoms with Crippen molar-refractivity contribution in [2.24, 2.45) is 0 Å².